The van der Waals surface area contributed by atoms with Crippen LogP contribution in [-0.4, -0.2) is 47.5 Å². The second-order valence-electron chi connectivity index (χ2n) is 6.41. The molecular weight excluding hydrogens is 288 g/mol. The average Bonchev–Trinajstić information content (AvgIpc) is 2.88. The number of aromatic nitrogens is 2. The summed E-state index contributed by atoms with van der Waals surface area (Å²) in [6, 6.07) is -0.155. The van der Waals surface area contributed by atoms with Gasteiger partial charge in [-0.1, -0.05) is 18.5 Å². The molecule has 1 fully saturated rings. The van der Waals surface area contributed by atoms with E-state index in [1.54, 1.807) is 6.20 Å². The first-order chi connectivity index (χ1) is 9.82. The van der Waals surface area contributed by atoms with Gasteiger partial charge in [0.2, 0.25) is 0 Å². The number of nitrogens with two attached hydrogens (primary N) is 1. The Morgan fingerprint density at radius 2 is 2.05 bits per heavy atom. The van der Waals surface area contributed by atoms with Crippen molar-refractivity contribution >= 4 is 11.6 Å². The van der Waals surface area contributed by atoms with Crippen molar-refractivity contribution in [3.63, 3.8) is 0 Å². The Morgan fingerprint density at radius 3 is 2.57 bits per heavy atom. The molecule has 2 rings (SSSR count). The van der Waals surface area contributed by atoms with Gasteiger partial charge in [-0.25, -0.2) is 0 Å². The van der Waals surface area contributed by atoms with Crippen molar-refractivity contribution in [1.82, 2.24) is 14.7 Å². The number of hydrogen-bond donors (Lipinski definition) is 1. The van der Waals surface area contributed by atoms with E-state index in [9.17, 15) is 0 Å². The van der Waals surface area contributed by atoms with Crippen LogP contribution < -0.4 is 5.73 Å². The van der Waals surface area contributed by atoms with E-state index in [4.69, 9.17) is 22.1 Å². The Kier molecular flexibility index (Phi) is 5.30. The van der Waals surface area contributed by atoms with E-state index in [0.29, 0.717) is 10.9 Å². The van der Waals surface area contributed by atoms with Crippen molar-refractivity contribution in [3.05, 3.63) is 16.9 Å². The Balaban J connectivity index is 2.22. The molecule has 1 aromatic rings. The molecule has 0 saturated carbocycles. The highest BCUT2D eigenvalue weighted by Gasteiger charge is 2.42. The van der Waals surface area contributed by atoms with Crippen LogP contribution in [0.4, 0.5) is 0 Å². The van der Waals surface area contributed by atoms with Gasteiger partial charge in [-0.15, -0.1) is 0 Å². The molecule has 21 heavy (non-hydrogen) atoms. The summed E-state index contributed by atoms with van der Waals surface area (Å²) in [6.45, 7) is 8.10. The number of ether oxygens (including phenoxy) is 1. The SMILES string of the molecule is CC1OC(C)C(C(N)c2c(Cl)cnn2CCN(C)C)C1C. The van der Waals surface area contributed by atoms with Crippen LogP contribution in [0.25, 0.3) is 0 Å². The summed E-state index contributed by atoms with van der Waals surface area (Å²) in [5.74, 6) is 0.663. The van der Waals surface area contributed by atoms with E-state index in [0.717, 1.165) is 18.8 Å². The van der Waals surface area contributed by atoms with Crippen molar-refractivity contribution in [1.29, 1.82) is 0 Å². The molecule has 6 heteroatoms. The van der Waals surface area contributed by atoms with Gasteiger partial charge in [0.15, 0.2) is 0 Å². The first-order valence-corrected chi connectivity index (χ1v) is 7.97. The zero-order valence-corrected chi connectivity index (χ0v) is 14.3. The van der Waals surface area contributed by atoms with Gasteiger partial charge in [-0.05, 0) is 33.9 Å². The standard InChI is InChI=1S/C15H27ClN4O/c1-9-10(2)21-11(3)13(9)14(17)15-12(16)8-18-20(15)7-6-19(4)5/h8-11,13-14H,6-7,17H2,1-5H3. The first-order valence-electron chi connectivity index (χ1n) is 7.60. The second kappa shape index (κ2) is 6.65. The normalized spacial score (nSPS) is 31.0. The molecule has 5 unspecified atom stereocenters. The van der Waals surface area contributed by atoms with Crippen molar-refractivity contribution < 1.29 is 4.74 Å². The van der Waals surface area contributed by atoms with Crippen molar-refractivity contribution in [3.8, 4) is 0 Å². The molecular formula is C15H27ClN4O. The number of rotatable bonds is 5. The van der Waals surface area contributed by atoms with E-state index in [1.165, 1.54) is 0 Å². The van der Waals surface area contributed by atoms with Gasteiger partial charge in [0.1, 0.15) is 0 Å². The molecule has 120 valence electrons. The van der Waals surface area contributed by atoms with Gasteiger partial charge >= 0.3 is 0 Å². The lowest BCUT2D eigenvalue weighted by molar-refractivity contribution is 0.0486. The summed E-state index contributed by atoms with van der Waals surface area (Å²) in [4.78, 5) is 2.12. The van der Waals surface area contributed by atoms with Crippen LogP contribution in [0.3, 0.4) is 0 Å². The fourth-order valence-corrected chi connectivity index (χ4v) is 3.54. The zero-order valence-electron chi connectivity index (χ0n) is 13.6. The number of likely N-dealkylation sites (N-methyl/N-ethyl adjacent to an activating group) is 1. The highest BCUT2D eigenvalue weighted by atomic mass is 35.5. The molecule has 1 aliphatic heterocycles. The predicted molar refractivity (Wildman–Crippen MR) is 85.4 cm³/mol. The highest BCUT2D eigenvalue weighted by molar-refractivity contribution is 6.31. The fraction of sp³-hybridized carbons (Fsp3) is 0.800. The lowest BCUT2D eigenvalue weighted by atomic mass is 9.82. The molecule has 0 spiro atoms. The van der Waals surface area contributed by atoms with Gasteiger partial charge < -0.3 is 15.4 Å². The summed E-state index contributed by atoms with van der Waals surface area (Å²) < 4.78 is 7.86. The van der Waals surface area contributed by atoms with Crippen LogP contribution in [0, 0.1) is 11.8 Å². The Hall–Kier alpha value is -0.620. The lowest BCUT2D eigenvalue weighted by Crippen LogP contribution is -2.33. The molecule has 1 aromatic heterocycles. The quantitative estimate of drug-likeness (QED) is 0.905. The largest absolute Gasteiger partial charge is 0.375 e. The van der Waals surface area contributed by atoms with Gasteiger partial charge in [0, 0.05) is 12.5 Å². The van der Waals surface area contributed by atoms with E-state index in [1.807, 2.05) is 18.8 Å². The Labute approximate surface area is 132 Å². The summed E-state index contributed by atoms with van der Waals surface area (Å²) in [5.41, 5.74) is 7.49. The zero-order chi connectivity index (χ0) is 15.7. The Morgan fingerprint density at radius 1 is 1.38 bits per heavy atom. The molecule has 0 aliphatic carbocycles. The van der Waals surface area contributed by atoms with Gasteiger partial charge in [-0.3, -0.25) is 4.68 Å². The highest BCUT2D eigenvalue weighted by Crippen LogP contribution is 2.40. The maximum atomic E-state index is 6.56. The van der Waals surface area contributed by atoms with Gasteiger partial charge in [0.05, 0.1) is 41.7 Å². The summed E-state index contributed by atoms with van der Waals surface area (Å²) in [5, 5.41) is 5.04. The molecule has 0 bridgehead atoms. The third kappa shape index (κ3) is 3.42. The molecule has 2 N–H and O–H groups in total. The summed E-state index contributed by atoms with van der Waals surface area (Å²) >= 11 is 6.35. The predicted octanol–water partition coefficient (Wildman–Crippen LogP) is 2.16. The second-order valence-corrected chi connectivity index (χ2v) is 6.82. The first kappa shape index (κ1) is 16.7. The molecule has 0 radical (unpaired) electrons. The molecule has 1 saturated heterocycles. The Bertz CT molecular complexity index is 476. The van der Waals surface area contributed by atoms with Gasteiger partial charge in [0.25, 0.3) is 0 Å². The van der Waals surface area contributed by atoms with E-state index >= 15 is 0 Å². The lowest BCUT2D eigenvalue weighted by Gasteiger charge is -2.27. The molecule has 5 atom stereocenters. The minimum Gasteiger partial charge on any atom is -0.375 e. The van der Waals surface area contributed by atoms with E-state index < -0.39 is 0 Å². The van der Waals surface area contributed by atoms with Crippen molar-refractivity contribution in [2.45, 2.75) is 45.6 Å². The number of halogens is 1. The topological polar surface area (TPSA) is 56.3 Å². The van der Waals surface area contributed by atoms with Crippen LogP contribution in [0.2, 0.25) is 5.02 Å². The summed E-state index contributed by atoms with van der Waals surface area (Å²) in [7, 11) is 4.09. The smallest absolute Gasteiger partial charge is 0.0834 e. The third-order valence-corrected chi connectivity index (χ3v) is 4.93. The van der Waals surface area contributed by atoms with Crippen LogP contribution in [0.5, 0.6) is 0 Å². The maximum Gasteiger partial charge on any atom is 0.0834 e. The van der Waals surface area contributed by atoms with Crippen LogP contribution in [-0.2, 0) is 11.3 Å². The number of nitrogens with zero attached hydrogens (tertiary/aromatic N) is 3. The van der Waals surface area contributed by atoms with Gasteiger partial charge in [-0.2, -0.15) is 5.10 Å². The number of hydrogen-bond acceptors (Lipinski definition) is 4. The molecule has 0 aromatic carbocycles. The van der Waals surface area contributed by atoms with Crippen LogP contribution in [0.15, 0.2) is 6.20 Å². The summed E-state index contributed by atoms with van der Waals surface area (Å²) in [6.07, 6.45) is 2.06. The molecule has 2 heterocycles. The molecule has 0 amide bonds. The molecule has 1 aliphatic rings. The fourth-order valence-electron chi connectivity index (χ4n) is 3.27. The third-order valence-electron chi connectivity index (χ3n) is 4.64. The van der Waals surface area contributed by atoms with Crippen LogP contribution >= 0.6 is 11.6 Å². The minimum absolute atomic E-state index is 0.137. The minimum atomic E-state index is -0.155. The van der Waals surface area contributed by atoms with Crippen molar-refractivity contribution in [2.24, 2.45) is 17.6 Å². The van der Waals surface area contributed by atoms with Crippen LogP contribution in [0.1, 0.15) is 32.5 Å². The molecule has 5 nitrogen and oxygen atoms in total. The van der Waals surface area contributed by atoms with E-state index in [-0.39, 0.29) is 24.2 Å². The maximum absolute atomic E-state index is 6.56. The average molecular weight is 315 g/mol. The van der Waals surface area contributed by atoms with Crippen molar-refractivity contribution in [2.75, 3.05) is 20.6 Å². The monoisotopic (exact) mass is 314 g/mol. The van der Waals surface area contributed by atoms with E-state index in [2.05, 4.69) is 30.8 Å².